The average Bonchev–Trinajstić information content (AvgIpc) is 2.98. The van der Waals surface area contributed by atoms with E-state index < -0.39 is 5.41 Å². The third-order valence-electron chi connectivity index (χ3n) is 5.25. The minimum Gasteiger partial charge on any atom is -0.334 e. The van der Waals surface area contributed by atoms with Gasteiger partial charge >= 0.3 is 0 Å². The van der Waals surface area contributed by atoms with Crippen LogP contribution in [0.3, 0.4) is 0 Å². The van der Waals surface area contributed by atoms with E-state index in [1.165, 1.54) is 0 Å². The van der Waals surface area contributed by atoms with E-state index in [1.54, 1.807) is 0 Å². The summed E-state index contributed by atoms with van der Waals surface area (Å²) in [5.41, 5.74) is 1.43. The molecule has 0 saturated carbocycles. The number of piperidine rings is 1. The molecule has 3 aliphatic rings. The SMILES string of the molecule is O=C1CCC[C@H]2N1[C@H](CBr)C[C@]21C(=O)Nc2ccccc21. The van der Waals surface area contributed by atoms with Gasteiger partial charge in [0.15, 0.2) is 0 Å². The Hall–Kier alpha value is -1.36. The number of nitrogens with one attached hydrogen (secondary N) is 1. The fourth-order valence-corrected chi connectivity index (χ4v) is 4.98. The van der Waals surface area contributed by atoms with E-state index in [2.05, 4.69) is 21.2 Å². The molecule has 110 valence electrons. The number of hydrogen-bond donors (Lipinski definition) is 1. The van der Waals surface area contributed by atoms with Crippen LogP contribution in [0.2, 0.25) is 0 Å². The van der Waals surface area contributed by atoms with E-state index in [0.29, 0.717) is 6.42 Å². The van der Waals surface area contributed by atoms with Crippen LogP contribution in [0.1, 0.15) is 31.2 Å². The summed E-state index contributed by atoms with van der Waals surface area (Å²) < 4.78 is 0. The number of rotatable bonds is 1. The Balaban J connectivity index is 1.88. The van der Waals surface area contributed by atoms with Gasteiger partial charge in [-0.2, -0.15) is 0 Å². The lowest BCUT2D eigenvalue weighted by Gasteiger charge is -2.38. The monoisotopic (exact) mass is 348 g/mol. The van der Waals surface area contributed by atoms with E-state index in [-0.39, 0.29) is 23.9 Å². The summed E-state index contributed by atoms with van der Waals surface area (Å²) in [6.45, 7) is 0. The van der Waals surface area contributed by atoms with E-state index in [4.69, 9.17) is 0 Å². The predicted molar refractivity (Wildman–Crippen MR) is 83.4 cm³/mol. The smallest absolute Gasteiger partial charge is 0.237 e. The molecule has 21 heavy (non-hydrogen) atoms. The third kappa shape index (κ3) is 1.61. The quantitative estimate of drug-likeness (QED) is 0.792. The van der Waals surface area contributed by atoms with Crippen LogP contribution in [-0.2, 0) is 15.0 Å². The van der Waals surface area contributed by atoms with Gasteiger partial charge in [0.2, 0.25) is 11.8 Å². The average molecular weight is 349 g/mol. The van der Waals surface area contributed by atoms with Crippen molar-refractivity contribution in [1.82, 2.24) is 4.90 Å². The van der Waals surface area contributed by atoms with Gasteiger partial charge in [0, 0.05) is 23.5 Å². The topological polar surface area (TPSA) is 49.4 Å². The summed E-state index contributed by atoms with van der Waals surface area (Å²) in [6, 6.07) is 8.04. The molecule has 4 nitrogen and oxygen atoms in total. The molecule has 1 aromatic rings. The molecule has 0 aliphatic carbocycles. The lowest BCUT2D eigenvalue weighted by molar-refractivity contribution is -0.137. The van der Waals surface area contributed by atoms with Crippen LogP contribution in [0.15, 0.2) is 24.3 Å². The number of alkyl halides is 1. The number of benzene rings is 1. The van der Waals surface area contributed by atoms with Gasteiger partial charge in [-0.3, -0.25) is 9.59 Å². The Morgan fingerprint density at radius 2 is 2.14 bits per heavy atom. The second kappa shape index (κ2) is 4.57. The largest absolute Gasteiger partial charge is 0.334 e. The molecule has 4 rings (SSSR count). The number of fused-ring (bicyclic) bond motifs is 4. The molecular formula is C16H17BrN2O2. The van der Waals surface area contributed by atoms with Crippen molar-refractivity contribution >= 4 is 33.4 Å². The molecule has 0 unspecified atom stereocenters. The highest BCUT2D eigenvalue weighted by Gasteiger charge is 2.62. The second-order valence-corrected chi connectivity index (χ2v) is 6.84. The summed E-state index contributed by atoms with van der Waals surface area (Å²) in [6.07, 6.45) is 3.13. The van der Waals surface area contributed by atoms with Gasteiger partial charge < -0.3 is 10.2 Å². The molecule has 0 aromatic heterocycles. The first-order chi connectivity index (χ1) is 10.2. The highest BCUT2D eigenvalue weighted by atomic mass is 79.9. The molecule has 3 aliphatic heterocycles. The molecule has 2 saturated heterocycles. The molecule has 1 N–H and O–H groups in total. The van der Waals surface area contributed by atoms with Crippen LogP contribution >= 0.6 is 15.9 Å². The van der Waals surface area contributed by atoms with Crippen LogP contribution in [-0.4, -0.2) is 34.1 Å². The molecule has 0 radical (unpaired) electrons. The van der Waals surface area contributed by atoms with Gasteiger partial charge in [-0.15, -0.1) is 0 Å². The Kier molecular flexibility index (Phi) is 2.89. The molecule has 2 fully saturated rings. The summed E-state index contributed by atoms with van der Waals surface area (Å²) in [5.74, 6) is 0.265. The maximum Gasteiger partial charge on any atom is 0.237 e. The van der Waals surface area contributed by atoms with Gasteiger partial charge in [-0.1, -0.05) is 34.1 Å². The van der Waals surface area contributed by atoms with Crippen molar-refractivity contribution in [1.29, 1.82) is 0 Å². The van der Waals surface area contributed by atoms with Crippen LogP contribution in [0.4, 0.5) is 5.69 Å². The van der Waals surface area contributed by atoms with E-state index in [0.717, 1.165) is 35.8 Å². The fraction of sp³-hybridized carbons (Fsp3) is 0.500. The van der Waals surface area contributed by atoms with Gasteiger partial charge in [-0.25, -0.2) is 0 Å². The zero-order chi connectivity index (χ0) is 14.6. The van der Waals surface area contributed by atoms with Crippen molar-refractivity contribution < 1.29 is 9.59 Å². The van der Waals surface area contributed by atoms with Gasteiger partial charge in [0.05, 0.1) is 11.5 Å². The van der Waals surface area contributed by atoms with Crippen LogP contribution in [0, 0.1) is 0 Å². The summed E-state index contributed by atoms with van der Waals surface area (Å²) in [5, 5.41) is 3.76. The van der Waals surface area contributed by atoms with Crippen molar-refractivity contribution in [3.63, 3.8) is 0 Å². The number of hydrogen-bond acceptors (Lipinski definition) is 2. The number of carbonyl (C=O) groups is 2. The van der Waals surface area contributed by atoms with Crippen molar-refractivity contribution in [2.75, 3.05) is 10.6 Å². The third-order valence-corrected chi connectivity index (χ3v) is 6.00. The molecule has 0 bridgehead atoms. The Morgan fingerprint density at radius 3 is 2.95 bits per heavy atom. The first kappa shape index (κ1) is 13.3. The fourth-order valence-electron chi connectivity index (χ4n) is 4.44. The summed E-state index contributed by atoms with van der Waals surface area (Å²) in [4.78, 5) is 27.2. The highest BCUT2D eigenvalue weighted by Crippen LogP contribution is 2.53. The lowest BCUT2D eigenvalue weighted by Crippen LogP contribution is -2.51. The number of anilines is 1. The maximum atomic E-state index is 12.8. The van der Waals surface area contributed by atoms with Crippen LogP contribution in [0.25, 0.3) is 0 Å². The molecule has 2 amide bonds. The molecule has 3 atom stereocenters. The van der Waals surface area contributed by atoms with Gasteiger partial charge in [-0.05, 0) is 30.9 Å². The van der Waals surface area contributed by atoms with E-state index in [1.807, 2.05) is 29.2 Å². The van der Waals surface area contributed by atoms with Crippen molar-refractivity contribution in [3.05, 3.63) is 29.8 Å². The number of carbonyl (C=O) groups excluding carboxylic acids is 2. The molecule has 1 aromatic carbocycles. The minimum absolute atomic E-state index is 0.00458. The van der Waals surface area contributed by atoms with Crippen LogP contribution < -0.4 is 5.32 Å². The first-order valence-corrected chi connectivity index (χ1v) is 8.58. The first-order valence-electron chi connectivity index (χ1n) is 7.46. The number of amides is 2. The molecule has 5 heteroatoms. The van der Waals surface area contributed by atoms with E-state index in [9.17, 15) is 9.59 Å². The van der Waals surface area contributed by atoms with E-state index >= 15 is 0 Å². The Bertz CT molecular complexity index is 632. The molecule has 3 heterocycles. The van der Waals surface area contributed by atoms with Crippen molar-refractivity contribution in [3.8, 4) is 0 Å². The van der Waals surface area contributed by atoms with Crippen molar-refractivity contribution in [2.45, 2.75) is 43.2 Å². The molecular weight excluding hydrogens is 332 g/mol. The Labute approximate surface area is 132 Å². The van der Waals surface area contributed by atoms with Crippen molar-refractivity contribution in [2.24, 2.45) is 0 Å². The second-order valence-electron chi connectivity index (χ2n) is 6.19. The summed E-state index contributed by atoms with van der Waals surface area (Å²) in [7, 11) is 0. The number of halogens is 1. The van der Waals surface area contributed by atoms with Crippen LogP contribution in [0.5, 0.6) is 0 Å². The predicted octanol–water partition coefficient (Wildman–Crippen LogP) is 2.42. The Morgan fingerprint density at radius 1 is 1.33 bits per heavy atom. The summed E-state index contributed by atoms with van der Waals surface area (Å²) >= 11 is 3.53. The normalized spacial score (nSPS) is 34.0. The number of para-hydroxylation sites is 1. The zero-order valence-corrected chi connectivity index (χ0v) is 13.2. The maximum absolute atomic E-state index is 12.8. The molecule has 1 spiro atoms. The highest BCUT2D eigenvalue weighted by molar-refractivity contribution is 9.09. The zero-order valence-electron chi connectivity index (χ0n) is 11.6. The van der Waals surface area contributed by atoms with Gasteiger partial charge in [0.1, 0.15) is 0 Å². The number of nitrogens with zero attached hydrogens (tertiary/aromatic N) is 1. The van der Waals surface area contributed by atoms with Gasteiger partial charge in [0.25, 0.3) is 0 Å². The lowest BCUT2D eigenvalue weighted by atomic mass is 9.72. The standard InChI is InChI=1S/C16H17BrN2O2/c17-9-10-8-16(13-6-3-7-14(20)19(10)13)11-4-1-2-5-12(11)18-15(16)21/h1-2,4-5,10,13H,3,6-9H2,(H,18,21)/t10-,13+,16+/m0/s1. The minimum atomic E-state index is -0.550.